The van der Waals surface area contributed by atoms with Crippen molar-refractivity contribution in [3.63, 3.8) is 0 Å². The Hall–Kier alpha value is -1.47. The van der Waals surface area contributed by atoms with Crippen molar-refractivity contribution in [2.75, 3.05) is 0 Å². The lowest BCUT2D eigenvalue weighted by atomic mass is 10.4. The molecule has 2 amide bonds. The molecule has 2 rings (SSSR count). The first kappa shape index (κ1) is 13.0. The van der Waals surface area contributed by atoms with E-state index in [2.05, 4.69) is 20.6 Å². The van der Waals surface area contributed by atoms with Gasteiger partial charge in [-0.3, -0.25) is 0 Å². The van der Waals surface area contributed by atoms with E-state index < -0.39 is 0 Å². The largest absolute Gasteiger partial charge is 0.332 e. The van der Waals surface area contributed by atoms with Gasteiger partial charge in [0, 0.05) is 22.7 Å². The molecule has 2 aromatic rings. The smallest absolute Gasteiger partial charge is 0.315 e. The van der Waals surface area contributed by atoms with Crippen LogP contribution in [0.1, 0.15) is 27.9 Å². The Labute approximate surface area is 113 Å². The molecule has 2 N–H and O–H groups in total. The molecule has 0 saturated heterocycles. The van der Waals surface area contributed by atoms with Gasteiger partial charge in [-0.15, -0.1) is 22.7 Å². The molecular weight excluding hydrogens is 268 g/mol. The summed E-state index contributed by atoms with van der Waals surface area (Å²) in [6, 6.07) is -0.284. The predicted octanol–water partition coefficient (Wildman–Crippen LogP) is 2.47. The van der Waals surface area contributed by atoms with Crippen LogP contribution in [0.15, 0.2) is 17.8 Å². The highest BCUT2D eigenvalue weighted by Gasteiger charge is 2.11. The number of thiazole rings is 2. The van der Waals surface area contributed by atoms with Crippen molar-refractivity contribution >= 4 is 28.7 Å². The maximum Gasteiger partial charge on any atom is 0.315 e. The minimum absolute atomic E-state index is 0.0805. The number of nitrogens with one attached hydrogen (secondary N) is 2. The lowest BCUT2D eigenvalue weighted by Gasteiger charge is -2.11. The highest BCUT2D eigenvalue weighted by Crippen LogP contribution is 2.14. The number of aryl methyl sites for hydroxylation is 1. The first-order chi connectivity index (χ1) is 8.65. The number of aromatic nitrogens is 2. The summed E-state index contributed by atoms with van der Waals surface area (Å²) in [6.45, 7) is 4.35. The lowest BCUT2D eigenvalue weighted by Crippen LogP contribution is -2.36. The fourth-order valence-corrected chi connectivity index (χ4v) is 2.77. The second-order valence-electron chi connectivity index (χ2n) is 3.78. The second kappa shape index (κ2) is 5.92. The average Bonchev–Trinajstić information content (AvgIpc) is 2.97. The third-order valence-electron chi connectivity index (χ3n) is 2.24. The van der Waals surface area contributed by atoms with Crippen LogP contribution in [0, 0.1) is 6.92 Å². The van der Waals surface area contributed by atoms with Gasteiger partial charge in [-0.2, -0.15) is 0 Å². The highest BCUT2D eigenvalue weighted by molar-refractivity contribution is 7.11. The number of hydrogen-bond acceptors (Lipinski definition) is 5. The number of hydrogen-bond donors (Lipinski definition) is 2. The van der Waals surface area contributed by atoms with E-state index in [0.717, 1.165) is 14.9 Å². The van der Waals surface area contributed by atoms with E-state index in [9.17, 15) is 4.79 Å². The summed E-state index contributed by atoms with van der Waals surface area (Å²) in [5, 5.41) is 9.31. The van der Waals surface area contributed by atoms with Gasteiger partial charge in [-0.25, -0.2) is 14.8 Å². The molecule has 0 radical (unpaired) electrons. The van der Waals surface area contributed by atoms with Crippen LogP contribution in [0.4, 0.5) is 4.79 Å². The molecule has 0 aliphatic rings. The number of urea groups is 1. The van der Waals surface area contributed by atoms with E-state index in [-0.39, 0.29) is 12.1 Å². The molecule has 5 nitrogen and oxygen atoms in total. The van der Waals surface area contributed by atoms with Crippen LogP contribution in [0.3, 0.4) is 0 Å². The van der Waals surface area contributed by atoms with Gasteiger partial charge in [0.25, 0.3) is 0 Å². The first-order valence-corrected chi connectivity index (χ1v) is 7.20. The summed E-state index contributed by atoms with van der Waals surface area (Å²) in [6.07, 6.45) is 3.53. The highest BCUT2D eigenvalue weighted by atomic mass is 32.1. The SMILES string of the molecule is Cc1cnc(CNC(=O)N[C@H](C)c2nccs2)s1. The van der Waals surface area contributed by atoms with E-state index in [1.807, 2.05) is 19.2 Å². The predicted molar refractivity (Wildman–Crippen MR) is 72.8 cm³/mol. The van der Waals surface area contributed by atoms with Crippen molar-refractivity contribution in [1.29, 1.82) is 0 Å². The van der Waals surface area contributed by atoms with E-state index in [1.165, 1.54) is 11.3 Å². The Balaban J connectivity index is 1.78. The molecule has 0 aliphatic heterocycles. The summed E-state index contributed by atoms with van der Waals surface area (Å²) in [4.78, 5) is 21.1. The van der Waals surface area contributed by atoms with E-state index in [1.54, 1.807) is 23.7 Å². The number of nitrogens with zero attached hydrogens (tertiary/aromatic N) is 2. The Morgan fingerprint density at radius 2 is 2.33 bits per heavy atom. The topological polar surface area (TPSA) is 66.9 Å². The lowest BCUT2D eigenvalue weighted by molar-refractivity contribution is 0.237. The van der Waals surface area contributed by atoms with Crippen molar-refractivity contribution in [1.82, 2.24) is 20.6 Å². The van der Waals surface area contributed by atoms with Crippen molar-refractivity contribution in [2.45, 2.75) is 26.4 Å². The van der Waals surface area contributed by atoms with Gasteiger partial charge in [-0.05, 0) is 13.8 Å². The molecule has 2 heterocycles. The van der Waals surface area contributed by atoms with Gasteiger partial charge >= 0.3 is 6.03 Å². The normalized spacial score (nSPS) is 12.1. The molecular formula is C11H14N4OS2. The third kappa shape index (κ3) is 3.51. The van der Waals surface area contributed by atoms with Crippen LogP contribution in [0.25, 0.3) is 0 Å². The molecule has 96 valence electrons. The van der Waals surface area contributed by atoms with Crippen molar-refractivity contribution in [3.05, 3.63) is 32.7 Å². The zero-order valence-corrected chi connectivity index (χ0v) is 11.8. The van der Waals surface area contributed by atoms with Gasteiger partial charge in [-0.1, -0.05) is 0 Å². The van der Waals surface area contributed by atoms with Gasteiger partial charge in [0.15, 0.2) is 0 Å². The fraction of sp³-hybridized carbons (Fsp3) is 0.364. The van der Waals surface area contributed by atoms with Crippen molar-refractivity contribution in [2.24, 2.45) is 0 Å². The Kier molecular flexibility index (Phi) is 4.27. The quantitative estimate of drug-likeness (QED) is 0.905. The molecule has 2 aromatic heterocycles. The molecule has 0 spiro atoms. The van der Waals surface area contributed by atoms with E-state index >= 15 is 0 Å². The number of amides is 2. The average molecular weight is 282 g/mol. The second-order valence-corrected chi connectivity index (χ2v) is 6.03. The molecule has 0 aliphatic carbocycles. The number of rotatable bonds is 4. The molecule has 0 saturated carbocycles. The third-order valence-corrected chi connectivity index (χ3v) is 4.11. The molecule has 0 unspecified atom stereocenters. The maximum atomic E-state index is 11.7. The van der Waals surface area contributed by atoms with Gasteiger partial charge in [0.05, 0.1) is 12.6 Å². The summed E-state index contributed by atoms with van der Waals surface area (Å²) in [5.74, 6) is 0. The minimum atomic E-state index is -0.203. The van der Waals surface area contributed by atoms with Gasteiger partial charge in [0.2, 0.25) is 0 Å². The standard InChI is InChI=1S/C11H14N4OS2/c1-7-5-13-9(18-7)6-14-11(16)15-8(2)10-12-3-4-17-10/h3-5,8H,6H2,1-2H3,(H2,14,15,16)/t8-/m1/s1. The van der Waals surface area contributed by atoms with Crippen LogP contribution in [-0.2, 0) is 6.54 Å². The summed E-state index contributed by atoms with van der Waals surface area (Å²) in [7, 11) is 0. The van der Waals surface area contributed by atoms with E-state index in [0.29, 0.717) is 6.54 Å². The Morgan fingerprint density at radius 1 is 1.50 bits per heavy atom. The van der Waals surface area contributed by atoms with Crippen molar-refractivity contribution in [3.8, 4) is 0 Å². The molecule has 1 atom stereocenters. The van der Waals surface area contributed by atoms with Crippen LogP contribution in [0.2, 0.25) is 0 Å². The zero-order valence-electron chi connectivity index (χ0n) is 10.1. The maximum absolute atomic E-state index is 11.7. The van der Waals surface area contributed by atoms with Crippen LogP contribution in [-0.4, -0.2) is 16.0 Å². The van der Waals surface area contributed by atoms with Gasteiger partial charge in [0.1, 0.15) is 10.0 Å². The monoisotopic (exact) mass is 282 g/mol. The fourth-order valence-electron chi connectivity index (χ4n) is 1.40. The number of carbonyl (C=O) groups is 1. The first-order valence-electron chi connectivity index (χ1n) is 5.50. The molecule has 0 bridgehead atoms. The van der Waals surface area contributed by atoms with Crippen molar-refractivity contribution < 1.29 is 4.79 Å². The van der Waals surface area contributed by atoms with Crippen LogP contribution < -0.4 is 10.6 Å². The van der Waals surface area contributed by atoms with Gasteiger partial charge < -0.3 is 10.6 Å². The summed E-state index contributed by atoms with van der Waals surface area (Å²) in [5.41, 5.74) is 0. The molecule has 0 aromatic carbocycles. The zero-order chi connectivity index (χ0) is 13.0. The van der Waals surface area contributed by atoms with Crippen LogP contribution >= 0.6 is 22.7 Å². The summed E-state index contributed by atoms with van der Waals surface area (Å²) < 4.78 is 0. The molecule has 0 fully saturated rings. The number of carbonyl (C=O) groups excluding carboxylic acids is 1. The Morgan fingerprint density at radius 3 is 2.94 bits per heavy atom. The molecule has 18 heavy (non-hydrogen) atoms. The van der Waals surface area contributed by atoms with Crippen LogP contribution in [0.5, 0.6) is 0 Å². The molecule has 7 heteroatoms. The van der Waals surface area contributed by atoms with E-state index in [4.69, 9.17) is 0 Å². The minimum Gasteiger partial charge on any atom is -0.332 e. The summed E-state index contributed by atoms with van der Waals surface area (Å²) >= 11 is 3.11. The Bertz CT molecular complexity index is 509.